The summed E-state index contributed by atoms with van der Waals surface area (Å²) in [6, 6.07) is 1.54. The van der Waals surface area contributed by atoms with Crippen LogP contribution in [0.5, 0.6) is 0 Å². The molecule has 0 atom stereocenters. The van der Waals surface area contributed by atoms with Crippen LogP contribution >= 0.6 is 27.7 Å². The van der Waals surface area contributed by atoms with Crippen molar-refractivity contribution < 1.29 is 8.42 Å². The normalized spacial score (nSPS) is 11.7. The SMILES string of the molecule is CSCCCCCNS(=O)(=O)c1cncc(Br)c1. The highest BCUT2D eigenvalue weighted by Gasteiger charge is 2.13. The van der Waals surface area contributed by atoms with Gasteiger partial charge in [-0.2, -0.15) is 11.8 Å². The number of hydrogen-bond acceptors (Lipinski definition) is 4. The summed E-state index contributed by atoms with van der Waals surface area (Å²) >= 11 is 5.02. The number of aromatic nitrogens is 1. The van der Waals surface area contributed by atoms with E-state index >= 15 is 0 Å². The zero-order chi connectivity index (χ0) is 13.4. The Hall–Kier alpha value is -0.110. The van der Waals surface area contributed by atoms with E-state index in [1.54, 1.807) is 12.3 Å². The van der Waals surface area contributed by atoms with Crippen LogP contribution in [0.1, 0.15) is 19.3 Å². The molecule has 102 valence electrons. The molecule has 0 aliphatic heterocycles. The molecule has 18 heavy (non-hydrogen) atoms. The van der Waals surface area contributed by atoms with Gasteiger partial charge in [-0.15, -0.1) is 0 Å². The van der Waals surface area contributed by atoms with Crippen LogP contribution in [0, 0.1) is 0 Å². The monoisotopic (exact) mass is 352 g/mol. The van der Waals surface area contributed by atoms with Gasteiger partial charge < -0.3 is 0 Å². The van der Waals surface area contributed by atoms with E-state index in [9.17, 15) is 8.42 Å². The van der Waals surface area contributed by atoms with Crippen LogP contribution in [0.3, 0.4) is 0 Å². The molecule has 0 unspecified atom stereocenters. The molecule has 0 spiro atoms. The van der Waals surface area contributed by atoms with Crippen molar-refractivity contribution in [3.8, 4) is 0 Å². The highest BCUT2D eigenvalue weighted by molar-refractivity contribution is 9.10. The maximum absolute atomic E-state index is 11.9. The molecule has 1 aromatic heterocycles. The summed E-state index contributed by atoms with van der Waals surface area (Å²) in [5.74, 6) is 1.13. The molecule has 0 fully saturated rings. The Morgan fingerprint density at radius 2 is 2.11 bits per heavy atom. The summed E-state index contributed by atoms with van der Waals surface area (Å²) in [6.07, 6.45) is 8.01. The Kier molecular flexibility index (Phi) is 7.21. The number of pyridine rings is 1. The van der Waals surface area contributed by atoms with Crippen molar-refractivity contribution >= 4 is 37.7 Å². The third kappa shape index (κ3) is 5.69. The third-order valence-corrected chi connectivity index (χ3v) is 4.87. The van der Waals surface area contributed by atoms with Crippen LogP contribution in [0.2, 0.25) is 0 Å². The molecular formula is C11H17BrN2O2S2. The minimum Gasteiger partial charge on any atom is -0.262 e. The van der Waals surface area contributed by atoms with Gasteiger partial charge in [0.1, 0.15) is 4.90 Å². The maximum atomic E-state index is 11.9. The van der Waals surface area contributed by atoms with E-state index in [-0.39, 0.29) is 4.90 Å². The first-order valence-electron chi connectivity index (χ1n) is 5.65. The number of halogens is 1. The van der Waals surface area contributed by atoms with Gasteiger partial charge in [0.15, 0.2) is 0 Å². The number of nitrogens with zero attached hydrogens (tertiary/aromatic N) is 1. The molecule has 0 saturated carbocycles. The highest BCUT2D eigenvalue weighted by atomic mass is 79.9. The minimum absolute atomic E-state index is 0.195. The lowest BCUT2D eigenvalue weighted by Crippen LogP contribution is -2.24. The highest BCUT2D eigenvalue weighted by Crippen LogP contribution is 2.14. The molecular weight excluding hydrogens is 336 g/mol. The lowest BCUT2D eigenvalue weighted by atomic mass is 10.2. The third-order valence-electron chi connectivity index (χ3n) is 2.31. The number of thioether (sulfide) groups is 1. The van der Waals surface area contributed by atoms with Gasteiger partial charge in [0.25, 0.3) is 0 Å². The molecule has 0 bridgehead atoms. The van der Waals surface area contributed by atoms with E-state index < -0.39 is 10.0 Å². The lowest BCUT2D eigenvalue weighted by molar-refractivity contribution is 0.575. The zero-order valence-electron chi connectivity index (χ0n) is 10.2. The summed E-state index contributed by atoms with van der Waals surface area (Å²) < 4.78 is 27.0. The fraction of sp³-hybridized carbons (Fsp3) is 0.545. The second kappa shape index (κ2) is 8.14. The van der Waals surface area contributed by atoms with Crippen molar-refractivity contribution in [3.05, 3.63) is 22.9 Å². The predicted molar refractivity (Wildman–Crippen MR) is 79.4 cm³/mol. The van der Waals surface area contributed by atoms with Crippen molar-refractivity contribution in [1.29, 1.82) is 0 Å². The molecule has 1 rings (SSSR count). The van der Waals surface area contributed by atoms with Crippen LogP contribution in [0.15, 0.2) is 27.8 Å². The van der Waals surface area contributed by atoms with Gasteiger partial charge in [-0.05, 0) is 46.8 Å². The average Bonchev–Trinajstić information content (AvgIpc) is 2.33. The molecule has 1 heterocycles. The summed E-state index contributed by atoms with van der Waals surface area (Å²) in [4.78, 5) is 4.05. The van der Waals surface area contributed by atoms with Crippen LogP contribution in [-0.2, 0) is 10.0 Å². The molecule has 0 aliphatic rings. The van der Waals surface area contributed by atoms with Crippen molar-refractivity contribution in [1.82, 2.24) is 9.71 Å². The first kappa shape index (κ1) is 15.9. The predicted octanol–water partition coefficient (Wildman–Crippen LogP) is 2.66. The zero-order valence-corrected chi connectivity index (χ0v) is 13.4. The Bertz CT molecular complexity index is 466. The van der Waals surface area contributed by atoms with E-state index in [2.05, 4.69) is 31.9 Å². The van der Waals surface area contributed by atoms with Gasteiger partial charge in [0.05, 0.1) is 0 Å². The number of rotatable bonds is 8. The van der Waals surface area contributed by atoms with Crippen LogP contribution in [0.25, 0.3) is 0 Å². The van der Waals surface area contributed by atoms with Crippen molar-refractivity contribution in [2.75, 3.05) is 18.6 Å². The van der Waals surface area contributed by atoms with Gasteiger partial charge in [-0.25, -0.2) is 13.1 Å². The van der Waals surface area contributed by atoms with E-state index in [1.807, 2.05) is 11.8 Å². The Morgan fingerprint density at radius 3 is 2.78 bits per heavy atom. The minimum atomic E-state index is -3.42. The molecule has 0 aliphatic carbocycles. The van der Waals surface area contributed by atoms with Gasteiger partial charge in [-0.3, -0.25) is 4.98 Å². The molecule has 0 amide bonds. The Morgan fingerprint density at radius 1 is 1.33 bits per heavy atom. The summed E-state index contributed by atoms with van der Waals surface area (Å²) in [5, 5.41) is 0. The number of nitrogens with one attached hydrogen (secondary N) is 1. The molecule has 7 heteroatoms. The largest absolute Gasteiger partial charge is 0.262 e. The standard InChI is InChI=1S/C11H17BrN2O2S2/c1-17-6-4-2-3-5-14-18(15,16)11-7-10(12)8-13-9-11/h7-9,14H,2-6H2,1H3. The molecule has 0 saturated heterocycles. The van der Waals surface area contributed by atoms with Crippen LogP contribution in [-0.4, -0.2) is 32.0 Å². The smallest absolute Gasteiger partial charge is 0.242 e. The van der Waals surface area contributed by atoms with E-state index in [0.29, 0.717) is 11.0 Å². The Labute approximate surface area is 121 Å². The fourth-order valence-corrected chi connectivity index (χ4v) is 3.45. The van der Waals surface area contributed by atoms with E-state index in [1.165, 1.54) is 6.20 Å². The molecule has 0 aromatic carbocycles. The van der Waals surface area contributed by atoms with Crippen LogP contribution < -0.4 is 4.72 Å². The van der Waals surface area contributed by atoms with Crippen LogP contribution in [0.4, 0.5) is 0 Å². The number of sulfonamides is 1. The quantitative estimate of drug-likeness (QED) is 0.730. The van der Waals surface area contributed by atoms with Gasteiger partial charge in [-0.1, -0.05) is 6.42 Å². The van der Waals surface area contributed by atoms with Gasteiger partial charge in [0, 0.05) is 23.4 Å². The average molecular weight is 353 g/mol. The maximum Gasteiger partial charge on any atom is 0.242 e. The first-order chi connectivity index (χ1) is 8.56. The van der Waals surface area contributed by atoms with Crippen molar-refractivity contribution in [2.45, 2.75) is 24.2 Å². The Balaban J connectivity index is 2.41. The topological polar surface area (TPSA) is 59.1 Å². The summed E-state index contributed by atoms with van der Waals surface area (Å²) in [6.45, 7) is 0.475. The second-order valence-corrected chi connectivity index (χ2v) is 7.46. The number of hydrogen-bond donors (Lipinski definition) is 1. The first-order valence-corrected chi connectivity index (χ1v) is 9.32. The summed E-state index contributed by atoms with van der Waals surface area (Å²) in [7, 11) is -3.42. The second-order valence-electron chi connectivity index (χ2n) is 3.79. The number of unbranched alkanes of at least 4 members (excludes halogenated alkanes) is 2. The lowest BCUT2D eigenvalue weighted by Gasteiger charge is -2.06. The summed E-state index contributed by atoms with van der Waals surface area (Å²) in [5.41, 5.74) is 0. The van der Waals surface area contributed by atoms with Crippen molar-refractivity contribution in [3.63, 3.8) is 0 Å². The van der Waals surface area contributed by atoms with Crippen molar-refractivity contribution in [2.24, 2.45) is 0 Å². The molecule has 4 nitrogen and oxygen atoms in total. The van der Waals surface area contributed by atoms with E-state index in [4.69, 9.17) is 0 Å². The van der Waals surface area contributed by atoms with Gasteiger partial charge >= 0.3 is 0 Å². The molecule has 0 radical (unpaired) electrons. The molecule has 1 N–H and O–H groups in total. The van der Waals surface area contributed by atoms with E-state index in [0.717, 1.165) is 25.0 Å². The molecule has 1 aromatic rings. The van der Waals surface area contributed by atoms with Gasteiger partial charge in [0.2, 0.25) is 10.0 Å². The fourth-order valence-electron chi connectivity index (χ4n) is 1.38.